The Labute approximate surface area is 167 Å². The maximum absolute atomic E-state index is 11.4. The van der Waals surface area contributed by atoms with Gasteiger partial charge in [0.1, 0.15) is 0 Å². The molecule has 4 rings (SSSR count). The Kier molecular flexibility index (Phi) is 5.51. The minimum absolute atomic E-state index is 0.0829. The second-order valence-corrected chi connectivity index (χ2v) is 8.48. The molecule has 1 amide bonds. The summed E-state index contributed by atoms with van der Waals surface area (Å²) in [6.07, 6.45) is 7.33. The summed E-state index contributed by atoms with van der Waals surface area (Å²) in [4.78, 5) is 20.8. The summed E-state index contributed by atoms with van der Waals surface area (Å²) in [6, 6.07) is 10.8. The van der Waals surface area contributed by atoms with E-state index in [1.54, 1.807) is 6.92 Å². The number of nitrogens with zero attached hydrogens (tertiary/aromatic N) is 4. The number of amides is 1. The van der Waals surface area contributed by atoms with Crippen LogP contribution in [-0.4, -0.2) is 63.5 Å². The quantitative estimate of drug-likeness (QED) is 0.862. The van der Waals surface area contributed by atoms with Crippen LogP contribution >= 0.6 is 0 Å². The standard InChI is InChI=1S/C22H31N5O/c1-18(28)24-20-12-22(25(2)15-20)8-10-26(11-9-22)16-21-13-23-17-27(21)14-19-6-4-3-5-7-19/h3-7,13,17,20H,8-12,14-16H2,1-2H3,(H,24,28)/t20-/m1/s1. The zero-order chi connectivity index (χ0) is 19.6. The van der Waals surface area contributed by atoms with Gasteiger partial charge in [-0.1, -0.05) is 30.3 Å². The number of hydrogen-bond donors (Lipinski definition) is 1. The third kappa shape index (κ3) is 4.13. The highest BCUT2D eigenvalue weighted by Crippen LogP contribution is 2.37. The summed E-state index contributed by atoms with van der Waals surface area (Å²) in [5.41, 5.74) is 2.82. The van der Waals surface area contributed by atoms with Crippen molar-refractivity contribution in [2.75, 3.05) is 26.7 Å². The number of hydrogen-bond acceptors (Lipinski definition) is 4. The molecule has 1 atom stereocenters. The summed E-state index contributed by atoms with van der Waals surface area (Å²) in [7, 11) is 2.21. The summed E-state index contributed by atoms with van der Waals surface area (Å²) in [6.45, 7) is 6.58. The molecule has 1 aromatic carbocycles. The first-order chi connectivity index (χ1) is 13.5. The van der Waals surface area contributed by atoms with Crippen molar-refractivity contribution < 1.29 is 4.79 Å². The average molecular weight is 382 g/mol. The monoisotopic (exact) mass is 381 g/mol. The van der Waals surface area contributed by atoms with Gasteiger partial charge in [-0.3, -0.25) is 14.6 Å². The number of imidazole rings is 1. The number of benzene rings is 1. The fourth-order valence-corrected chi connectivity index (χ4v) is 4.93. The molecule has 0 unspecified atom stereocenters. The van der Waals surface area contributed by atoms with E-state index in [0.29, 0.717) is 6.04 Å². The molecule has 1 spiro atoms. The first kappa shape index (κ1) is 19.2. The number of likely N-dealkylation sites (N-methyl/N-ethyl adjacent to an activating group) is 1. The molecule has 2 saturated heterocycles. The van der Waals surface area contributed by atoms with Gasteiger partial charge in [0.25, 0.3) is 0 Å². The van der Waals surface area contributed by atoms with Crippen molar-refractivity contribution in [3.8, 4) is 0 Å². The summed E-state index contributed by atoms with van der Waals surface area (Å²) in [5.74, 6) is 0.0829. The molecule has 0 bridgehead atoms. The SMILES string of the molecule is CC(=O)N[C@H]1CN(C)C2(CCN(Cc3cncn3Cc3ccccc3)CC2)C1. The Bertz CT molecular complexity index is 794. The summed E-state index contributed by atoms with van der Waals surface area (Å²) in [5, 5.41) is 3.12. The zero-order valence-corrected chi connectivity index (χ0v) is 17.0. The molecule has 3 heterocycles. The van der Waals surface area contributed by atoms with Gasteiger partial charge in [-0.2, -0.15) is 0 Å². The van der Waals surface area contributed by atoms with Crippen molar-refractivity contribution in [1.82, 2.24) is 24.7 Å². The molecule has 0 aliphatic carbocycles. The third-order valence-electron chi connectivity index (χ3n) is 6.50. The second-order valence-electron chi connectivity index (χ2n) is 8.48. The predicted octanol–water partition coefficient (Wildman–Crippen LogP) is 2.11. The fraction of sp³-hybridized carbons (Fsp3) is 0.545. The third-order valence-corrected chi connectivity index (χ3v) is 6.50. The van der Waals surface area contributed by atoms with Crippen LogP contribution in [0.5, 0.6) is 0 Å². The molecule has 1 aromatic heterocycles. The van der Waals surface area contributed by atoms with Gasteiger partial charge in [0.15, 0.2) is 0 Å². The molecule has 2 aliphatic heterocycles. The Morgan fingerprint density at radius 1 is 1.21 bits per heavy atom. The number of piperidine rings is 1. The minimum atomic E-state index is 0.0829. The van der Waals surface area contributed by atoms with Gasteiger partial charge < -0.3 is 9.88 Å². The van der Waals surface area contributed by atoms with E-state index in [1.807, 2.05) is 12.5 Å². The normalized spacial score (nSPS) is 22.6. The molecule has 1 N–H and O–H groups in total. The van der Waals surface area contributed by atoms with Gasteiger partial charge in [-0.15, -0.1) is 0 Å². The highest BCUT2D eigenvalue weighted by Gasteiger charge is 2.45. The lowest BCUT2D eigenvalue weighted by Gasteiger charge is -2.43. The van der Waals surface area contributed by atoms with Crippen molar-refractivity contribution in [3.63, 3.8) is 0 Å². The Morgan fingerprint density at radius 2 is 1.96 bits per heavy atom. The van der Waals surface area contributed by atoms with Crippen LogP contribution in [0.15, 0.2) is 42.9 Å². The second kappa shape index (κ2) is 8.05. The molecule has 6 heteroatoms. The van der Waals surface area contributed by atoms with Crippen LogP contribution < -0.4 is 5.32 Å². The molecule has 150 valence electrons. The molecule has 2 aliphatic rings. The molecule has 2 aromatic rings. The van der Waals surface area contributed by atoms with Crippen molar-refractivity contribution in [2.45, 2.75) is 50.9 Å². The zero-order valence-electron chi connectivity index (χ0n) is 17.0. The maximum Gasteiger partial charge on any atom is 0.217 e. The molecule has 28 heavy (non-hydrogen) atoms. The molecule has 6 nitrogen and oxygen atoms in total. The Hall–Kier alpha value is -2.18. The number of nitrogens with one attached hydrogen (secondary N) is 1. The molecular formula is C22H31N5O. The van der Waals surface area contributed by atoms with E-state index < -0.39 is 0 Å². The average Bonchev–Trinajstić information content (AvgIpc) is 3.22. The van der Waals surface area contributed by atoms with Gasteiger partial charge in [-0.05, 0) is 31.9 Å². The molecular weight excluding hydrogens is 350 g/mol. The summed E-state index contributed by atoms with van der Waals surface area (Å²) < 4.78 is 2.26. The van der Waals surface area contributed by atoms with Gasteiger partial charge in [0, 0.05) is 57.4 Å². The Morgan fingerprint density at radius 3 is 2.68 bits per heavy atom. The largest absolute Gasteiger partial charge is 0.352 e. The lowest BCUT2D eigenvalue weighted by Crippen LogP contribution is -2.50. The topological polar surface area (TPSA) is 53.4 Å². The van der Waals surface area contributed by atoms with E-state index in [9.17, 15) is 4.79 Å². The van der Waals surface area contributed by atoms with Crippen LogP contribution in [0.25, 0.3) is 0 Å². The lowest BCUT2D eigenvalue weighted by molar-refractivity contribution is -0.119. The van der Waals surface area contributed by atoms with Crippen molar-refractivity contribution in [1.29, 1.82) is 0 Å². The van der Waals surface area contributed by atoms with Crippen LogP contribution in [0.1, 0.15) is 37.4 Å². The highest BCUT2D eigenvalue weighted by molar-refractivity contribution is 5.73. The van der Waals surface area contributed by atoms with Crippen LogP contribution in [0.4, 0.5) is 0 Å². The molecule has 0 saturated carbocycles. The van der Waals surface area contributed by atoms with Crippen molar-refractivity contribution in [2.24, 2.45) is 0 Å². The van der Waals surface area contributed by atoms with E-state index in [0.717, 1.165) is 52.0 Å². The van der Waals surface area contributed by atoms with Crippen LogP contribution in [-0.2, 0) is 17.9 Å². The first-order valence-electron chi connectivity index (χ1n) is 10.3. The number of aromatic nitrogens is 2. The molecule has 0 radical (unpaired) electrons. The van der Waals surface area contributed by atoms with E-state index in [1.165, 1.54) is 11.3 Å². The van der Waals surface area contributed by atoms with Crippen LogP contribution in [0.3, 0.4) is 0 Å². The number of likely N-dealkylation sites (tertiary alicyclic amines) is 2. The van der Waals surface area contributed by atoms with E-state index in [2.05, 4.69) is 62.0 Å². The maximum atomic E-state index is 11.4. The Balaban J connectivity index is 1.34. The highest BCUT2D eigenvalue weighted by atomic mass is 16.1. The van der Waals surface area contributed by atoms with E-state index >= 15 is 0 Å². The lowest BCUT2D eigenvalue weighted by atomic mass is 9.84. The fourth-order valence-electron chi connectivity index (χ4n) is 4.93. The van der Waals surface area contributed by atoms with Crippen molar-refractivity contribution >= 4 is 5.91 Å². The molecule has 2 fully saturated rings. The number of carbonyl (C=O) groups is 1. The van der Waals surface area contributed by atoms with Crippen LogP contribution in [0.2, 0.25) is 0 Å². The van der Waals surface area contributed by atoms with Gasteiger partial charge in [0.05, 0.1) is 12.0 Å². The minimum Gasteiger partial charge on any atom is -0.352 e. The van der Waals surface area contributed by atoms with E-state index in [-0.39, 0.29) is 11.4 Å². The van der Waals surface area contributed by atoms with Gasteiger partial charge >= 0.3 is 0 Å². The number of rotatable bonds is 5. The van der Waals surface area contributed by atoms with E-state index in [4.69, 9.17) is 0 Å². The van der Waals surface area contributed by atoms with Gasteiger partial charge in [-0.25, -0.2) is 4.98 Å². The van der Waals surface area contributed by atoms with Crippen molar-refractivity contribution in [3.05, 3.63) is 54.1 Å². The van der Waals surface area contributed by atoms with Crippen LogP contribution in [0, 0.1) is 0 Å². The summed E-state index contributed by atoms with van der Waals surface area (Å²) >= 11 is 0. The number of carbonyl (C=O) groups excluding carboxylic acids is 1. The first-order valence-corrected chi connectivity index (χ1v) is 10.3. The smallest absolute Gasteiger partial charge is 0.217 e. The predicted molar refractivity (Wildman–Crippen MR) is 110 cm³/mol. The van der Waals surface area contributed by atoms with Gasteiger partial charge in [0.2, 0.25) is 5.91 Å².